The molecule has 2 aromatic carbocycles. The molecule has 3 aromatic rings. The van der Waals surface area contributed by atoms with Crippen molar-refractivity contribution >= 4 is 34.7 Å². The molecule has 6 nitrogen and oxygen atoms in total. The molecule has 0 radical (unpaired) electrons. The number of hydrogen-bond donors (Lipinski definition) is 0. The largest absolute Gasteiger partial charge is 0.465 e. The second kappa shape index (κ2) is 9.16. The van der Waals surface area contributed by atoms with Crippen molar-refractivity contribution in [3.8, 4) is 11.8 Å². The van der Waals surface area contributed by atoms with Crippen LogP contribution in [0.1, 0.15) is 36.7 Å². The van der Waals surface area contributed by atoms with E-state index in [9.17, 15) is 19.6 Å². The monoisotopic (exact) mass is 446 g/mol. The van der Waals surface area contributed by atoms with Gasteiger partial charge in [-0.3, -0.25) is 14.2 Å². The maximum Gasteiger partial charge on any atom is 0.337 e. The fourth-order valence-corrected chi connectivity index (χ4v) is 4.12. The summed E-state index contributed by atoms with van der Waals surface area (Å²) in [6.45, 7) is 5.21. The third-order valence-corrected chi connectivity index (χ3v) is 5.79. The Morgan fingerprint density at radius 1 is 1.06 bits per heavy atom. The van der Waals surface area contributed by atoms with Gasteiger partial charge in [0.15, 0.2) is 5.78 Å². The number of ketones is 1. The van der Waals surface area contributed by atoms with Crippen LogP contribution in [0.2, 0.25) is 0 Å². The Balaban J connectivity index is 2.32. The normalized spacial score (nSPS) is 12.8. The summed E-state index contributed by atoms with van der Waals surface area (Å²) in [5.74, 6) is -0.782. The highest BCUT2D eigenvalue weighted by molar-refractivity contribution is 7.07. The zero-order valence-corrected chi connectivity index (χ0v) is 19.0. The van der Waals surface area contributed by atoms with Gasteiger partial charge in [0, 0.05) is 5.41 Å². The minimum Gasteiger partial charge on any atom is -0.465 e. The predicted octanol–water partition coefficient (Wildman–Crippen LogP) is 2.80. The van der Waals surface area contributed by atoms with Crippen molar-refractivity contribution in [2.75, 3.05) is 7.11 Å². The summed E-state index contributed by atoms with van der Waals surface area (Å²) in [6.07, 6.45) is 1.67. The van der Waals surface area contributed by atoms with Crippen LogP contribution in [0, 0.1) is 16.7 Å². The Morgan fingerprint density at radius 3 is 2.22 bits per heavy atom. The van der Waals surface area contributed by atoms with Gasteiger partial charge >= 0.3 is 5.97 Å². The van der Waals surface area contributed by atoms with Crippen LogP contribution in [0.4, 0.5) is 0 Å². The van der Waals surface area contributed by atoms with E-state index in [1.54, 1.807) is 75.4 Å². The molecule has 3 rings (SSSR count). The fraction of sp³-hybridized carbons (Fsp3) is 0.200. The Bertz CT molecular complexity index is 1380. The molecule has 0 bridgehead atoms. The van der Waals surface area contributed by atoms with Crippen LogP contribution in [0.5, 0.6) is 0 Å². The first-order valence-electron chi connectivity index (χ1n) is 9.84. The van der Waals surface area contributed by atoms with E-state index in [1.807, 2.05) is 12.1 Å². The van der Waals surface area contributed by atoms with E-state index < -0.39 is 11.4 Å². The molecule has 0 unspecified atom stereocenters. The van der Waals surface area contributed by atoms with Crippen molar-refractivity contribution < 1.29 is 14.3 Å². The number of ether oxygens (including phenoxy) is 1. The van der Waals surface area contributed by atoms with Crippen molar-refractivity contribution in [3.05, 3.63) is 85.3 Å². The zero-order valence-electron chi connectivity index (χ0n) is 18.2. The van der Waals surface area contributed by atoms with E-state index in [2.05, 4.69) is 0 Å². The number of carbonyl (C=O) groups excluding carboxylic acids is 2. The average Bonchev–Trinajstić information content (AvgIpc) is 3.09. The average molecular weight is 447 g/mol. The molecule has 32 heavy (non-hydrogen) atoms. The number of methoxy groups -OCH3 is 1. The van der Waals surface area contributed by atoms with Crippen LogP contribution in [-0.2, 0) is 9.53 Å². The third kappa shape index (κ3) is 4.61. The zero-order chi connectivity index (χ0) is 23.5. The van der Waals surface area contributed by atoms with Gasteiger partial charge in [0.05, 0.1) is 22.9 Å². The number of benzene rings is 2. The second-order valence-electron chi connectivity index (χ2n) is 8.07. The lowest BCUT2D eigenvalue weighted by atomic mass is 9.87. The molecule has 0 N–H and O–H groups in total. The predicted molar refractivity (Wildman–Crippen MR) is 124 cm³/mol. The molecule has 0 amide bonds. The van der Waals surface area contributed by atoms with Crippen LogP contribution < -0.4 is 14.8 Å². The number of nitrogens with zero attached hydrogens (tertiary/aromatic N) is 2. The summed E-state index contributed by atoms with van der Waals surface area (Å²) in [7, 11) is 1.31. The quantitative estimate of drug-likeness (QED) is 0.575. The van der Waals surface area contributed by atoms with E-state index in [0.717, 1.165) is 11.3 Å². The molecule has 0 fully saturated rings. The third-order valence-electron chi connectivity index (χ3n) is 4.70. The number of carbonyl (C=O) groups is 2. The van der Waals surface area contributed by atoms with Crippen LogP contribution in [-0.4, -0.2) is 23.4 Å². The van der Waals surface area contributed by atoms with E-state index >= 15 is 0 Å². The molecule has 0 saturated heterocycles. The molecule has 162 valence electrons. The first-order valence-corrected chi connectivity index (χ1v) is 10.7. The smallest absolute Gasteiger partial charge is 0.337 e. The molecule has 0 aliphatic carbocycles. The summed E-state index contributed by atoms with van der Waals surface area (Å²) in [4.78, 5) is 38.0. The number of nitriles is 1. The van der Waals surface area contributed by atoms with Gasteiger partial charge in [-0.05, 0) is 35.9 Å². The summed E-state index contributed by atoms with van der Waals surface area (Å²) in [6, 6.07) is 17.5. The van der Waals surface area contributed by atoms with Crippen molar-refractivity contribution in [2.24, 2.45) is 5.41 Å². The van der Waals surface area contributed by atoms with E-state index in [-0.39, 0.29) is 16.9 Å². The highest BCUT2D eigenvalue weighted by Gasteiger charge is 2.27. The van der Waals surface area contributed by atoms with E-state index in [1.165, 1.54) is 11.7 Å². The Hall–Kier alpha value is -3.76. The van der Waals surface area contributed by atoms with Gasteiger partial charge < -0.3 is 4.74 Å². The SMILES string of the molecule is COC(=O)c1ccc(C=c2sc(=C(C#N)C(=O)C(C)(C)C)n(-c3ccccc3)c2=O)cc1. The number of aromatic nitrogens is 1. The maximum absolute atomic E-state index is 13.3. The Morgan fingerprint density at radius 2 is 1.69 bits per heavy atom. The second-order valence-corrected chi connectivity index (χ2v) is 9.10. The standard InChI is InChI=1S/C25H22N2O4S/c1-25(2,3)21(28)19(15-26)23-27(18-8-6-5-7-9-18)22(29)20(32-23)14-16-10-12-17(13-11-16)24(30)31-4/h5-14H,1-4H3. The molecule has 0 aliphatic rings. The van der Waals surface area contributed by atoms with Crippen LogP contribution in [0.3, 0.4) is 0 Å². The molecule has 1 aromatic heterocycles. The van der Waals surface area contributed by atoms with Crippen molar-refractivity contribution in [2.45, 2.75) is 20.8 Å². The molecule has 7 heteroatoms. The lowest BCUT2D eigenvalue weighted by molar-refractivity contribution is -0.120. The van der Waals surface area contributed by atoms with Crippen molar-refractivity contribution in [1.29, 1.82) is 5.26 Å². The molecule has 0 aliphatic heterocycles. The number of para-hydroxylation sites is 1. The Labute approximate surface area is 189 Å². The molecule has 0 spiro atoms. The van der Waals surface area contributed by atoms with Crippen molar-refractivity contribution in [1.82, 2.24) is 4.57 Å². The highest BCUT2D eigenvalue weighted by Crippen LogP contribution is 2.20. The maximum atomic E-state index is 13.3. The van der Waals surface area contributed by atoms with E-state index in [0.29, 0.717) is 26.0 Å². The minimum absolute atomic E-state index is 0.0517. The summed E-state index contributed by atoms with van der Waals surface area (Å²) in [5, 5.41) is 9.81. The summed E-state index contributed by atoms with van der Waals surface area (Å²) in [5.41, 5.74) is 0.503. The van der Waals surface area contributed by atoms with Gasteiger partial charge in [0.1, 0.15) is 16.3 Å². The molecular formula is C25H22N2O4S. The lowest BCUT2D eigenvalue weighted by Crippen LogP contribution is -2.33. The van der Waals surface area contributed by atoms with Gasteiger partial charge in [-0.2, -0.15) is 5.26 Å². The fourth-order valence-electron chi connectivity index (χ4n) is 3.02. The summed E-state index contributed by atoms with van der Waals surface area (Å²) < 4.78 is 6.77. The van der Waals surface area contributed by atoms with Crippen LogP contribution >= 0.6 is 11.3 Å². The van der Waals surface area contributed by atoms with E-state index in [4.69, 9.17) is 4.74 Å². The number of thiazole rings is 1. The topological polar surface area (TPSA) is 89.2 Å². The number of hydrogen-bond acceptors (Lipinski definition) is 6. The van der Waals surface area contributed by atoms with Gasteiger partial charge in [0.25, 0.3) is 5.56 Å². The summed E-state index contributed by atoms with van der Waals surface area (Å²) >= 11 is 1.09. The first kappa shape index (κ1) is 22.9. The lowest BCUT2D eigenvalue weighted by Gasteiger charge is -2.15. The van der Waals surface area contributed by atoms with Crippen molar-refractivity contribution in [3.63, 3.8) is 0 Å². The van der Waals surface area contributed by atoms with Crippen LogP contribution in [0.15, 0.2) is 59.4 Å². The first-order chi connectivity index (χ1) is 15.2. The van der Waals surface area contributed by atoms with Gasteiger partial charge in [-0.1, -0.05) is 51.1 Å². The van der Waals surface area contributed by atoms with Gasteiger partial charge in [-0.15, -0.1) is 11.3 Å². The minimum atomic E-state index is -0.778. The number of rotatable bonds is 4. The Kier molecular flexibility index (Phi) is 6.56. The molecule has 0 saturated carbocycles. The molecule has 0 atom stereocenters. The number of esters is 1. The molecule has 1 heterocycles. The molecular weight excluding hydrogens is 424 g/mol. The van der Waals surface area contributed by atoms with Gasteiger partial charge in [-0.25, -0.2) is 4.79 Å². The number of Topliss-reactive ketones (excluding diaryl/α,β-unsaturated/α-hetero) is 1. The van der Waals surface area contributed by atoms with Crippen LogP contribution in [0.25, 0.3) is 17.3 Å². The highest BCUT2D eigenvalue weighted by atomic mass is 32.1. The van der Waals surface area contributed by atoms with Gasteiger partial charge in [0.2, 0.25) is 0 Å².